The number of benzene rings is 1. The fourth-order valence-electron chi connectivity index (χ4n) is 4.50. The van der Waals surface area contributed by atoms with Crippen molar-refractivity contribution in [3.8, 4) is 0 Å². The van der Waals surface area contributed by atoms with E-state index in [1.165, 1.54) is 6.42 Å². The van der Waals surface area contributed by atoms with Crippen LogP contribution in [0.1, 0.15) is 33.1 Å². The van der Waals surface area contributed by atoms with Crippen molar-refractivity contribution in [3.05, 3.63) is 34.6 Å². The van der Waals surface area contributed by atoms with Gasteiger partial charge in [0, 0.05) is 19.1 Å². The van der Waals surface area contributed by atoms with E-state index >= 15 is 0 Å². The van der Waals surface area contributed by atoms with Gasteiger partial charge in [0.05, 0.1) is 24.2 Å². The number of rotatable bonds is 4. The fraction of sp³-hybridized carbons (Fsp3) is 0.591. The number of hydrogen-bond acceptors (Lipinski definition) is 5. The van der Waals surface area contributed by atoms with Gasteiger partial charge in [0.2, 0.25) is 5.91 Å². The maximum absolute atomic E-state index is 13.3. The van der Waals surface area contributed by atoms with Crippen molar-refractivity contribution in [1.29, 1.82) is 0 Å². The van der Waals surface area contributed by atoms with Crippen molar-refractivity contribution in [2.45, 2.75) is 45.7 Å². The van der Waals surface area contributed by atoms with Gasteiger partial charge in [-0.25, -0.2) is 4.98 Å². The van der Waals surface area contributed by atoms with Crippen LogP contribution in [0.3, 0.4) is 0 Å². The Hall–Kier alpha value is -2.41. The van der Waals surface area contributed by atoms with Crippen LogP contribution in [0.2, 0.25) is 0 Å². The smallest absolute Gasteiger partial charge is 0.294 e. The Balaban J connectivity index is 1.62. The molecule has 1 N–H and O–H groups in total. The summed E-state index contributed by atoms with van der Waals surface area (Å²) >= 11 is 0. The van der Waals surface area contributed by atoms with Gasteiger partial charge in [-0.15, -0.1) is 0 Å². The average Bonchev–Trinajstić information content (AvgIpc) is 2.74. The minimum Gasteiger partial charge on any atom is -0.378 e. The lowest BCUT2D eigenvalue weighted by atomic mass is 9.78. The Labute approximate surface area is 171 Å². The third-order valence-corrected chi connectivity index (χ3v) is 6.50. The summed E-state index contributed by atoms with van der Waals surface area (Å²) in [7, 11) is 0. The minimum atomic E-state index is -0.217. The number of anilines is 1. The second-order valence-electron chi connectivity index (χ2n) is 8.36. The summed E-state index contributed by atoms with van der Waals surface area (Å²) in [6.45, 7) is 6.88. The number of para-hydroxylation sites is 2. The zero-order chi connectivity index (χ0) is 20.4. The van der Waals surface area contributed by atoms with Crippen LogP contribution in [0.25, 0.3) is 11.0 Å². The zero-order valence-electron chi connectivity index (χ0n) is 17.3. The summed E-state index contributed by atoms with van der Waals surface area (Å²) in [5.41, 5.74) is 1.20. The standard InChI is InChI=1S/C22H30N4O3/c1-15-6-5-8-17(16(15)2)23-20(27)14-26-19-9-4-3-7-18(19)24-21(22(26)28)25-10-12-29-13-11-25/h3-4,7,9,15-17H,5-6,8,10-14H2,1-2H3,(H,23,27)/t15-,16-,17+/m1/s1. The highest BCUT2D eigenvalue weighted by Crippen LogP contribution is 2.29. The van der Waals surface area contributed by atoms with Crippen LogP contribution in [-0.2, 0) is 16.1 Å². The van der Waals surface area contributed by atoms with Gasteiger partial charge < -0.3 is 15.0 Å². The molecule has 1 saturated carbocycles. The Morgan fingerprint density at radius 2 is 1.97 bits per heavy atom. The lowest BCUT2D eigenvalue weighted by Gasteiger charge is -2.34. The van der Waals surface area contributed by atoms with Crippen LogP contribution < -0.4 is 15.8 Å². The summed E-state index contributed by atoms with van der Waals surface area (Å²) in [6.07, 6.45) is 3.35. The molecule has 1 aromatic carbocycles. The number of hydrogen-bond donors (Lipinski definition) is 1. The van der Waals surface area contributed by atoms with E-state index in [1.54, 1.807) is 4.57 Å². The van der Waals surface area contributed by atoms with Crippen molar-refractivity contribution in [3.63, 3.8) is 0 Å². The first kappa shape index (κ1) is 19.9. The first-order valence-corrected chi connectivity index (χ1v) is 10.7. The number of nitrogens with zero attached hydrogens (tertiary/aromatic N) is 3. The van der Waals surface area contributed by atoms with Gasteiger partial charge in [0.15, 0.2) is 5.82 Å². The molecule has 2 aromatic rings. The highest BCUT2D eigenvalue weighted by Gasteiger charge is 2.28. The first-order chi connectivity index (χ1) is 14.0. The fourth-order valence-corrected chi connectivity index (χ4v) is 4.50. The van der Waals surface area contributed by atoms with Crippen molar-refractivity contribution in [1.82, 2.24) is 14.9 Å². The van der Waals surface area contributed by atoms with Crippen LogP contribution in [-0.4, -0.2) is 47.8 Å². The molecule has 1 amide bonds. The van der Waals surface area contributed by atoms with E-state index in [0.29, 0.717) is 49.5 Å². The van der Waals surface area contributed by atoms with Gasteiger partial charge in [-0.1, -0.05) is 38.8 Å². The third-order valence-electron chi connectivity index (χ3n) is 6.50. The molecule has 7 heteroatoms. The molecule has 7 nitrogen and oxygen atoms in total. The van der Waals surface area contributed by atoms with Crippen molar-refractivity contribution >= 4 is 22.8 Å². The number of nitrogens with one attached hydrogen (secondary N) is 1. The quantitative estimate of drug-likeness (QED) is 0.854. The molecule has 1 aliphatic heterocycles. The van der Waals surface area contributed by atoms with E-state index < -0.39 is 0 Å². The molecule has 4 rings (SSSR count). The van der Waals surface area contributed by atoms with Gasteiger partial charge >= 0.3 is 0 Å². The topological polar surface area (TPSA) is 76.5 Å². The number of ether oxygens (including phenoxy) is 1. The first-order valence-electron chi connectivity index (χ1n) is 10.7. The summed E-state index contributed by atoms with van der Waals surface area (Å²) < 4.78 is 6.97. The molecule has 0 radical (unpaired) electrons. The molecule has 2 fully saturated rings. The molecular weight excluding hydrogens is 368 g/mol. The number of fused-ring (bicyclic) bond motifs is 1. The van der Waals surface area contributed by atoms with E-state index in [1.807, 2.05) is 29.2 Å². The van der Waals surface area contributed by atoms with Gasteiger partial charge in [-0.3, -0.25) is 14.2 Å². The van der Waals surface area contributed by atoms with Crippen molar-refractivity contribution < 1.29 is 9.53 Å². The van der Waals surface area contributed by atoms with Crippen LogP contribution in [0.5, 0.6) is 0 Å². The molecule has 3 atom stereocenters. The molecule has 0 spiro atoms. The highest BCUT2D eigenvalue weighted by atomic mass is 16.5. The third kappa shape index (κ3) is 4.15. The van der Waals surface area contributed by atoms with Crippen LogP contribution >= 0.6 is 0 Å². The Kier molecular flexibility index (Phi) is 5.85. The van der Waals surface area contributed by atoms with E-state index in [2.05, 4.69) is 24.1 Å². The second-order valence-corrected chi connectivity index (χ2v) is 8.36. The molecule has 29 heavy (non-hydrogen) atoms. The van der Waals surface area contributed by atoms with E-state index in [0.717, 1.165) is 18.4 Å². The van der Waals surface area contributed by atoms with Crippen molar-refractivity contribution in [2.24, 2.45) is 11.8 Å². The van der Waals surface area contributed by atoms with E-state index in [9.17, 15) is 9.59 Å². The van der Waals surface area contributed by atoms with Crippen LogP contribution in [0.4, 0.5) is 5.82 Å². The summed E-state index contributed by atoms with van der Waals surface area (Å²) in [6, 6.07) is 7.69. The number of amides is 1. The SMILES string of the molecule is C[C@@H]1[C@H](C)CCC[C@@H]1NC(=O)Cn1c(=O)c(N2CCOCC2)nc2ccccc21. The molecule has 0 bridgehead atoms. The zero-order valence-corrected chi connectivity index (χ0v) is 17.3. The monoisotopic (exact) mass is 398 g/mol. The predicted octanol–water partition coefficient (Wildman–Crippen LogP) is 2.17. The van der Waals surface area contributed by atoms with Gasteiger partial charge in [0.1, 0.15) is 6.54 Å². The molecule has 0 unspecified atom stereocenters. The molecular formula is C22H30N4O3. The molecule has 156 valence electrons. The van der Waals surface area contributed by atoms with Gasteiger partial charge in [-0.05, 0) is 30.4 Å². The average molecular weight is 399 g/mol. The maximum Gasteiger partial charge on any atom is 0.294 e. The molecule has 1 aromatic heterocycles. The van der Waals surface area contributed by atoms with Crippen LogP contribution in [0, 0.1) is 11.8 Å². The number of carbonyl (C=O) groups is 1. The van der Waals surface area contributed by atoms with E-state index in [4.69, 9.17) is 4.74 Å². The lowest BCUT2D eigenvalue weighted by Crippen LogP contribution is -2.46. The van der Waals surface area contributed by atoms with Crippen LogP contribution in [0.15, 0.2) is 29.1 Å². The molecule has 1 aliphatic carbocycles. The second kappa shape index (κ2) is 8.53. The Morgan fingerprint density at radius 3 is 2.76 bits per heavy atom. The normalized spacial score (nSPS) is 25.2. The Morgan fingerprint density at radius 1 is 1.21 bits per heavy atom. The minimum absolute atomic E-state index is 0.0107. The number of carbonyl (C=O) groups excluding carboxylic acids is 1. The molecule has 1 saturated heterocycles. The van der Waals surface area contributed by atoms with Gasteiger partial charge in [-0.2, -0.15) is 0 Å². The largest absolute Gasteiger partial charge is 0.378 e. The predicted molar refractivity (Wildman–Crippen MR) is 113 cm³/mol. The van der Waals surface area contributed by atoms with Crippen molar-refractivity contribution in [2.75, 3.05) is 31.2 Å². The highest BCUT2D eigenvalue weighted by molar-refractivity contribution is 5.81. The molecule has 2 heterocycles. The lowest BCUT2D eigenvalue weighted by molar-refractivity contribution is -0.123. The Bertz CT molecular complexity index is 935. The maximum atomic E-state index is 13.3. The summed E-state index contributed by atoms with van der Waals surface area (Å²) in [5, 5.41) is 3.19. The number of morpholine rings is 1. The van der Waals surface area contributed by atoms with E-state index in [-0.39, 0.29) is 24.1 Å². The van der Waals surface area contributed by atoms with Gasteiger partial charge in [0.25, 0.3) is 5.56 Å². The summed E-state index contributed by atoms with van der Waals surface area (Å²) in [4.78, 5) is 32.7. The number of aromatic nitrogens is 2. The summed E-state index contributed by atoms with van der Waals surface area (Å²) in [5.74, 6) is 1.34. The molecule has 2 aliphatic rings.